The topological polar surface area (TPSA) is 110 Å². The molecule has 1 N–H and O–H groups in total. The molecule has 0 spiro atoms. The van der Waals surface area contributed by atoms with E-state index in [1.54, 1.807) is 4.68 Å². The Kier molecular flexibility index (Phi) is 4.39. The Hall–Kier alpha value is -3.73. The monoisotopic (exact) mass is 334 g/mol. The molecule has 124 valence electrons. The molecule has 0 aliphatic carbocycles. The molecule has 0 amide bonds. The van der Waals surface area contributed by atoms with Gasteiger partial charge in [-0.1, -0.05) is 30.3 Å². The van der Waals surface area contributed by atoms with Crippen molar-refractivity contribution in [3.05, 3.63) is 70.0 Å². The van der Waals surface area contributed by atoms with E-state index in [0.717, 1.165) is 16.8 Å². The number of nitriles is 1. The first-order chi connectivity index (χ1) is 12.1. The van der Waals surface area contributed by atoms with Crippen molar-refractivity contribution in [2.75, 3.05) is 5.32 Å². The zero-order valence-electron chi connectivity index (χ0n) is 13.4. The molecule has 0 radical (unpaired) electrons. The Labute approximate surface area is 143 Å². The first-order valence-electron chi connectivity index (χ1n) is 7.45. The third kappa shape index (κ3) is 3.30. The van der Waals surface area contributed by atoms with Crippen molar-refractivity contribution in [3.8, 4) is 17.3 Å². The Morgan fingerprint density at radius 1 is 1.32 bits per heavy atom. The van der Waals surface area contributed by atoms with E-state index in [9.17, 15) is 10.1 Å². The predicted octanol–water partition coefficient (Wildman–Crippen LogP) is 2.87. The number of hydrogen-bond donors (Lipinski definition) is 1. The largest absolute Gasteiger partial charge is 0.360 e. The number of benzene rings is 1. The molecule has 2 heterocycles. The molecule has 0 aliphatic heterocycles. The quantitative estimate of drug-likeness (QED) is 0.567. The summed E-state index contributed by atoms with van der Waals surface area (Å²) in [5, 5.41) is 27.7. The van der Waals surface area contributed by atoms with E-state index in [2.05, 4.69) is 15.4 Å². The lowest BCUT2D eigenvalue weighted by Crippen LogP contribution is -2.06. The van der Waals surface area contributed by atoms with Crippen LogP contribution in [-0.4, -0.2) is 19.7 Å². The van der Waals surface area contributed by atoms with Gasteiger partial charge in [0.05, 0.1) is 10.6 Å². The van der Waals surface area contributed by atoms with E-state index in [-0.39, 0.29) is 17.1 Å². The smallest absolute Gasteiger partial charge is 0.328 e. The van der Waals surface area contributed by atoms with Gasteiger partial charge in [-0.3, -0.25) is 14.8 Å². The van der Waals surface area contributed by atoms with Crippen molar-refractivity contribution in [1.82, 2.24) is 14.8 Å². The predicted molar refractivity (Wildman–Crippen MR) is 91.6 cm³/mol. The molecular weight excluding hydrogens is 320 g/mol. The summed E-state index contributed by atoms with van der Waals surface area (Å²) in [6.07, 6.45) is 3.21. The molecule has 0 aliphatic rings. The average molecular weight is 334 g/mol. The van der Waals surface area contributed by atoms with Gasteiger partial charge in [0, 0.05) is 37.1 Å². The van der Waals surface area contributed by atoms with E-state index in [4.69, 9.17) is 5.26 Å². The van der Waals surface area contributed by atoms with Crippen LogP contribution in [0, 0.1) is 21.4 Å². The highest BCUT2D eigenvalue weighted by molar-refractivity contribution is 5.66. The van der Waals surface area contributed by atoms with Gasteiger partial charge in [0.25, 0.3) is 0 Å². The van der Waals surface area contributed by atoms with E-state index in [1.165, 1.54) is 12.3 Å². The number of aromatic nitrogens is 3. The van der Waals surface area contributed by atoms with Gasteiger partial charge in [-0.15, -0.1) is 0 Å². The van der Waals surface area contributed by atoms with Gasteiger partial charge in [-0.25, -0.2) is 4.98 Å². The van der Waals surface area contributed by atoms with Crippen LogP contribution in [0.25, 0.3) is 11.3 Å². The van der Waals surface area contributed by atoms with Crippen LogP contribution in [0.4, 0.5) is 11.5 Å². The van der Waals surface area contributed by atoms with Crippen LogP contribution in [0.3, 0.4) is 0 Å². The number of anilines is 1. The second-order valence-electron chi connectivity index (χ2n) is 5.32. The average Bonchev–Trinajstić information content (AvgIpc) is 3.00. The Morgan fingerprint density at radius 2 is 2.08 bits per heavy atom. The fraction of sp³-hybridized carbons (Fsp3) is 0.118. The molecule has 25 heavy (non-hydrogen) atoms. The SMILES string of the molecule is Cn1cc(CNc2nccc(C#N)c2[N+](=O)[O-])c(-c2ccccc2)n1. The van der Waals surface area contributed by atoms with Crippen molar-refractivity contribution in [2.45, 2.75) is 6.54 Å². The molecule has 8 heteroatoms. The summed E-state index contributed by atoms with van der Waals surface area (Å²) in [7, 11) is 1.81. The summed E-state index contributed by atoms with van der Waals surface area (Å²) >= 11 is 0. The van der Waals surface area contributed by atoms with Gasteiger partial charge in [0.2, 0.25) is 5.82 Å². The number of nitro groups is 1. The fourth-order valence-corrected chi connectivity index (χ4v) is 2.54. The first kappa shape index (κ1) is 16.1. The molecule has 0 saturated carbocycles. The summed E-state index contributed by atoms with van der Waals surface area (Å²) in [5.41, 5.74) is 2.25. The van der Waals surface area contributed by atoms with E-state index < -0.39 is 4.92 Å². The van der Waals surface area contributed by atoms with Gasteiger partial charge < -0.3 is 5.32 Å². The fourth-order valence-electron chi connectivity index (χ4n) is 2.54. The van der Waals surface area contributed by atoms with Crippen molar-refractivity contribution in [2.24, 2.45) is 7.05 Å². The van der Waals surface area contributed by atoms with Crippen molar-refractivity contribution in [3.63, 3.8) is 0 Å². The highest BCUT2D eigenvalue weighted by Gasteiger charge is 2.21. The molecule has 0 fully saturated rings. The lowest BCUT2D eigenvalue weighted by molar-refractivity contribution is -0.384. The van der Waals surface area contributed by atoms with E-state index in [1.807, 2.05) is 49.6 Å². The lowest BCUT2D eigenvalue weighted by Gasteiger charge is -2.07. The van der Waals surface area contributed by atoms with Gasteiger partial charge in [-0.2, -0.15) is 10.4 Å². The van der Waals surface area contributed by atoms with Crippen molar-refractivity contribution in [1.29, 1.82) is 5.26 Å². The normalized spacial score (nSPS) is 10.2. The number of nitrogens with one attached hydrogen (secondary N) is 1. The minimum absolute atomic E-state index is 0.0306. The molecule has 2 aromatic heterocycles. The highest BCUT2D eigenvalue weighted by Crippen LogP contribution is 2.27. The Balaban J connectivity index is 1.92. The number of rotatable bonds is 5. The minimum Gasteiger partial charge on any atom is -0.360 e. The molecule has 3 aromatic rings. The molecule has 0 unspecified atom stereocenters. The number of nitrogens with zero attached hydrogens (tertiary/aromatic N) is 5. The van der Waals surface area contributed by atoms with Crippen LogP contribution < -0.4 is 5.32 Å². The van der Waals surface area contributed by atoms with Crippen LogP contribution in [0.2, 0.25) is 0 Å². The molecule has 8 nitrogen and oxygen atoms in total. The molecule has 1 aromatic carbocycles. The standard InChI is InChI=1S/C17H14N6O2/c1-22-11-14(15(21-22)12-5-3-2-4-6-12)10-20-17-16(23(24)25)13(9-18)7-8-19-17/h2-8,11H,10H2,1H3,(H,19,20). The number of pyridine rings is 1. The zero-order valence-corrected chi connectivity index (χ0v) is 13.4. The van der Waals surface area contributed by atoms with Crippen molar-refractivity contribution >= 4 is 11.5 Å². The molecule has 0 bridgehead atoms. The van der Waals surface area contributed by atoms with Crippen LogP contribution in [-0.2, 0) is 13.6 Å². The van der Waals surface area contributed by atoms with Crippen molar-refractivity contribution < 1.29 is 4.92 Å². The maximum absolute atomic E-state index is 11.3. The van der Waals surface area contributed by atoms with Crippen LogP contribution in [0.1, 0.15) is 11.1 Å². The van der Waals surface area contributed by atoms with Gasteiger partial charge in [0.1, 0.15) is 11.6 Å². The number of aryl methyl sites for hydroxylation is 1. The van der Waals surface area contributed by atoms with Gasteiger partial charge >= 0.3 is 5.69 Å². The van der Waals surface area contributed by atoms with Gasteiger partial charge in [-0.05, 0) is 6.07 Å². The zero-order chi connectivity index (χ0) is 17.8. The maximum atomic E-state index is 11.3. The Bertz CT molecular complexity index is 959. The second-order valence-corrected chi connectivity index (χ2v) is 5.32. The summed E-state index contributed by atoms with van der Waals surface area (Å²) < 4.78 is 1.69. The highest BCUT2D eigenvalue weighted by atomic mass is 16.6. The first-order valence-corrected chi connectivity index (χ1v) is 7.45. The summed E-state index contributed by atoms with van der Waals surface area (Å²) in [5.74, 6) is 0.0620. The maximum Gasteiger partial charge on any atom is 0.328 e. The summed E-state index contributed by atoms with van der Waals surface area (Å²) in [6.45, 7) is 0.292. The molecule has 3 rings (SSSR count). The number of hydrogen-bond acceptors (Lipinski definition) is 6. The summed E-state index contributed by atoms with van der Waals surface area (Å²) in [6, 6.07) is 12.8. The summed E-state index contributed by atoms with van der Waals surface area (Å²) in [4.78, 5) is 14.7. The van der Waals surface area contributed by atoms with E-state index in [0.29, 0.717) is 6.54 Å². The van der Waals surface area contributed by atoms with E-state index >= 15 is 0 Å². The van der Waals surface area contributed by atoms with Crippen LogP contribution in [0.15, 0.2) is 48.8 Å². The van der Waals surface area contributed by atoms with Crippen LogP contribution >= 0.6 is 0 Å². The second kappa shape index (κ2) is 6.80. The van der Waals surface area contributed by atoms with Gasteiger partial charge in [0.15, 0.2) is 0 Å². The molecular formula is C17H14N6O2. The molecule has 0 saturated heterocycles. The van der Waals surface area contributed by atoms with Crippen LogP contribution in [0.5, 0.6) is 0 Å². The Morgan fingerprint density at radius 3 is 2.76 bits per heavy atom. The third-order valence-corrected chi connectivity index (χ3v) is 3.63. The lowest BCUT2D eigenvalue weighted by atomic mass is 10.1. The third-order valence-electron chi connectivity index (χ3n) is 3.63. The molecule has 0 atom stereocenters. The minimum atomic E-state index is -0.602.